The first kappa shape index (κ1) is 14.8. The zero-order chi connectivity index (χ0) is 15.0. The van der Waals surface area contributed by atoms with Crippen molar-refractivity contribution in [2.75, 3.05) is 11.1 Å². The smallest absolute Gasteiger partial charge is 0.149 e. The molecule has 1 aliphatic rings. The molecule has 1 aliphatic carbocycles. The Kier molecular flexibility index (Phi) is 3.92. The number of hydrogen-bond acceptors (Lipinski definition) is 6. The maximum atomic E-state index is 6.06. The minimum absolute atomic E-state index is 0.486. The Labute approximate surface area is 134 Å². The molecule has 6 heteroatoms. The molecule has 0 unspecified atom stereocenters. The minimum atomic E-state index is 0.486. The largest absolute Gasteiger partial charge is 0.382 e. The Bertz CT molecular complexity index is 619. The van der Waals surface area contributed by atoms with E-state index in [1.165, 1.54) is 37.2 Å². The van der Waals surface area contributed by atoms with Crippen molar-refractivity contribution < 1.29 is 0 Å². The van der Waals surface area contributed by atoms with Gasteiger partial charge in [0.25, 0.3) is 0 Å². The molecule has 0 amide bonds. The van der Waals surface area contributed by atoms with Gasteiger partial charge >= 0.3 is 0 Å². The van der Waals surface area contributed by atoms with Crippen molar-refractivity contribution in [1.82, 2.24) is 9.36 Å². The number of nitrogens with zero attached hydrogens (tertiary/aromatic N) is 2. The van der Waals surface area contributed by atoms with E-state index in [-0.39, 0.29) is 0 Å². The fourth-order valence-electron chi connectivity index (χ4n) is 2.81. The van der Waals surface area contributed by atoms with Crippen molar-refractivity contribution in [3.63, 3.8) is 0 Å². The molecule has 0 radical (unpaired) electrons. The van der Waals surface area contributed by atoms with Gasteiger partial charge < -0.3 is 11.1 Å². The quantitative estimate of drug-likeness (QED) is 0.871. The van der Waals surface area contributed by atoms with E-state index in [1.807, 2.05) is 6.92 Å². The molecule has 2 aromatic heterocycles. The van der Waals surface area contributed by atoms with Crippen molar-refractivity contribution >= 4 is 33.7 Å². The van der Waals surface area contributed by atoms with E-state index in [9.17, 15) is 0 Å². The van der Waals surface area contributed by atoms with Gasteiger partial charge in [0, 0.05) is 17.1 Å². The lowest BCUT2D eigenvalue weighted by atomic mass is 9.75. The van der Waals surface area contributed by atoms with Crippen LogP contribution in [0.4, 0.5) is 10.8 Å². The first-order valence-electron chi connectivity index (χ1n) is 7.39. The lowest BCUT2D eigenvalue weighted by Crippen LogP contribution is -2.29. The summed E-state index contributed by atoms with van der Waals surface area (Å²) in [5.74, 6) is 0.591. The van der Waals surface area contributed by atoms with E-state index in [1.54, 1.807) is 11.3 Å². The molecule has 3 N–H and O–H groups in total. The molecule has 1 saturated carbocycles. The van der Waals surface area contributed by atoms with Gasteiger partial charge in [0.05, 0.1) is 5.56 Å². The molecule has 21 heavy (non-hydrogen) atoms. The Morgan fingerprint density at radius 3 is 2.67 bits per heavy atom. The van der Waals surface area contributed by atoms with Crippen LogP contribution in [-0.2, 0) is 0 Å². The summed E-state index contributed by atoms with van der Waals surface area (Å²) in [7, 11) is 0. The third kappa shape index (κ3) is 3.21. The van der Waals surface area contributed by atoms with Gasteiger partial charge in [0.2, 0.25) is 0 Å². The van der Waals surface area contributed by atoms with Crippen LogP contribution in [0.3, 0.4) is 0 Å². The molecule has 0 saturated heterocycles. The summed E-state index contributed by atoms with van der Waals surface area (Å²) < 4.78 is 4.32. The van der Waals surface area contributed by atoms with Crippen LogP contribution in [0.1, 0.15) is 45.2 Å². The first-order valence-corrected chi connectivity index (χ1v) is 9.04. The third-order valence-electron chi connectivity index (χ3n) is 4.23. The van der Waals surface area contributed by atoms with Gasteiger partial charge in [-0.3, -0.25) is 0 Å². The van der Waals surface area contributed by atoms with Crippen LogP contribution in [0, 0.1) is 12.3 Å². The highest BCUT2D eigenvalue weighted by Crippen LogP contribution is 2.41. The average molecular weight is 323 g/mol. The summed E-state index contributed by atoms with van der Waals surface area (Å²) in [5.41, 5.74) is 8.57. The van der Waals surface area contributed by atoms with Crippen molar-refractivity contribution in [2.45, 2.75) is 52.5 Å². The predicted octanol–water partition coefficient (Wildman–Crippen LogP) is 4.54. The molecule has 2 heterocycles. The highest BCUT2D eigenvalue weighted by Gasteiger charge is 2.28. The highest BCUT2D eigenvalue weighted by atomic mass is 32.1. The molecule has 0 bridgehead atoms. The number of aromatic nitrogens is 2. The molecule has 0 spiro atoms. The van der Waals surface area contributed by atoms with Crippen LogP contribution < -0.4 is 11.1 Å². The molecule has 4 nitrogen and oxygen atoms in total. The zero-order valence-corrected chi connectivity index (χ0v) is 14.4. The second-order valence-electron chi connectivity index (χ2n) is 6.65. The van der Waals surface area contributed by atoms with Gasteiger partial charge in [-0.2, -0.15) is 4.37 Å². The first-order chi connectivity index (χ1) is 9.94. The Morgan fingerprint density at radius 2 is 2.05 bits per heavy atom. The van der Waals surface area contributed by atoms with Gasteiger partial charge in [-0.1, -0.05) is 13.8 Å². The van der Waals surface area contributed by atoms with Crippen LogP contribution in [0.25, 0.3) is 10.6 Å². The van der Waals surface area contributed by atoms with E-state index in [2.05, 4.69) is 33.9 Å². The van der Waals surface area contributed by atoms with Gasteiger partial charge in [-0.15, -0.1) is 11.3 Å². The van der Waals surface area contributed by atoms with E-state index in [0.29, 0.717) is 17.3 Å². The number of nitrogen functional groups attached to an aromatic ring is 1. The molecule has 1 fully saturated rings. The van der Waals surface area contributed by atoms with Crippen LogP contribution in [-0.4, -0.2) is 15.4 Å². The fraction of sp³-hybridized carbons (Fsp3) is 0.600. The number of nitrogens with one attached hydrogen (secondary N) is 1. The van der Waals surface area contributed by atoms with E-state index in [0.717, 1.165) is 21.3 Å². The van der Waals surface area contributed by atoms with E-state index in [4.69, 9.17) is 5.73 Å². The summed E-state index contributed by atoms with van der Waals surface area (Å²) in [4.78, 5) is 4.56. The zero-order valence-electron chi connectivity index (χ0n) is 12.8. The van der Waals surface area contributed by atoms with Gasteiger partial charge in [-0.05, 0) is 49.6 Å². The number of hydrogen-bond donors (Lipinski definition) is 2. The molecular weight excluding hydrogens is 300 g/mol. The van der Waals surface area contributed by atoms with Gasteiger partial charge in [-0.25, -0.2) is 4.98 Å². The summed E-state index contributed by atoms with van der Waals surface area (Å²) in [6.07, 6.45) is 4.96. The summed E-state index contributed by atoms with van der Waals surface area (Å²) >= 11 is 3.09. The van der Waals surface area contributed by atoms with Crippen molar-refractivity contribution in [1.29, 1.82) is 0 Å². The van der Waals surface area contributed by atoms with Crippen LogP contribution in [0.5, 0.6) is 0 Å². The monoisotopic (exact) mass is 322 g/mol. The lowest BCUT2D eigenvalue weighted by Gasteiger charge is -2.34. The van der Waals surface area contributed by atoms with E-state index < -0.39 is 0 Å². The van der Waals surface area contributed by atoms with Gasteiger partial charge in [0.15, 0.2) is 0 Å². The van der Waals surface area contributed by atoms with Crippen molar-refractivity contribution in [3.05, 3.63) is 11.1 Å². The fourth-order valence-corrected chi connectivity index (χ4v) is 4.52. The number of aryl methyl sites for hydroxylation is 1. The Morgan fingerprint density at radius 1 is 1.33 bits per heavy atom. The average Bonchev–Trinajstić information content (AvgIpc) is 2.99. The van der Waals surface area contributed by atoms with Crippen molar-refractivity contribution in [2.24, 2.45) is 5.41 Å². The number of anilines is 2. The maximum absolute atomic E-state index is 6.06. The van der Waals surface area contributed by atoms with Crippen LogP contribution in [0.2, 0.25) is 0 Å². The van der Waals surface area contributed by atoms with Crippen molar-refractivity contribution in [3.8, 4) is 10.6 Å². The molecule has 3 rings (SSSR count). The lowest BCUT2D eigenvalue weighted by molar-refractivity contribution is 0.232. The standard InChI is InChI=1S/C15H22N4S2/c1-9-8-20-13(17-9)11-12(16)19-21-14(11)18-10-4-6-15(2,3)7-5-10/h8,10,18H,4-7H2,1-3H3,(H2,16,19). The molecule has 114 valence electrons. The second kappa shape index (κ2) is 5.57. The number of thiazole rings is 1. The summed E-state index contributed by atoms with van der Waals surface area (Å²) in [5, 5.41) is 7.76. The third-order valence-corrected chi connectivity index (χ3v) is 6.00. The number of nitrogens with two attached hydrogens (primary N) is 1. The molecule has 0 aromatic carbocycles. The van der Waals surface area contributed by atoms with Crippen LogP contribution >= 0.6 is 22.9 Å². The second-order valence-corrected chi connectivity index (χ2v) is 8.28. The van der Waals surface area contributed by atoms with Gasteiger partial charge in [0.1, 0.15) is 15.8 Å². The SMILES string of the molecule is Cc1csc(-c2c(N)nsc2NC2CCC(C)(C)CC2)n1. The molecule has 0 aliphatic heterocycles. The Balaban J connectivity index is 1.78. The normalized spacial score (nSPS) is 18.8. The Hall–Kier alpha value is -1.14. The summed E-state index contributed by atoms with van der Waals surface area (Å²) in [6, 6.07) is 0.526. The molecule has 0 atom stereocenters. The minimum Gasteiger partial charge on any atom is -0.382 e. The molecular formula is C15H22N4S2. The number of rotatable bonds is 3. The van der Waals surface area contributed by atoms with Crippen LogP contribution in [0.15, 0.2) is 5.38 Å². The predicted molar refractivity (Wildman–Crippen MR) is 92.0 cm³/mol. The highest BCUT2D eigenvalue weighted by molar-refractivity contribution is 7.15. The topological polar surface area (TPSA) is 63.8 Å². The van der Waals surface area contributed by atoms with E-state index >= 15 is 0 Å². The summed E-state index contributed by atoms with van der Waals surface area (Å²) in [6.45, 7) is 6.72. The maximum Gasteiger partial charge on any atom is 0.149 e. The molecule has 2 aromatic rings.